The number of benzene rings is 2. The Morgan fingerprint density at radius 2 is 1.01 bits per heavy atom. The number of likely N-dealkylation sites (tertiary alicyclic amines) is 2. The van der Waals surface area contributed by atoms with Crippen molar-refractivity contribution in [2.75, 3.05) is 44.7 Å². The zero-order valence-corrected chi connectivity index (χ0v) is 55.3. The number of hydrogen-bond donors (Lipinski definition) is 15. The predicted octanol–water partition coefficient (Wildman–Crippen LogP) is -3.71. The molecule has 524 valence electrons. The van der Waals surface area contributed by atoms with Gasteiger partial charge in [0, 0.05) is 45.3 Å². The number of rotatable bonds is 42. The van der Waals surface area contributed by atoms with Crippen LogP contribution in [0.4, 0.5) is 0 Å². The summed E-state index contributed by atoms with van der Waals surface area (Å²) in [4.78, 5) is 185. The molecule has 31 nitrogen and oxygen atoms in total. The molecule has 10 atom stereocenters. The Balaban J connectivity index is 1.56. The van der Waals surface area contributed by atoms with Crippen LogP contribution in [0.15, 0.2) is 65.7 Å². The van der Waals surface area contributed by atoms with E-state index in [0.29, 0.717) is 55.4 Å². The Morgan fingerprint density at radius 3 is 1.51 bits per heavy atom. The van der Waals surface area contributed by atoms with Crippen LogP contribution < -0.4 is 82.7 Å². The van der Waals surface area contributed by atoms with Crippen molar-refractivity contribution in [3.63, 3.8) is 0 Å². The van der Waals surface area contributed by atoms with Gasteiger partial charge in [0.15, 0.2) is 5.96 Å². The van der Waals surface area contributed by atoms with E-state index in [9.17, 15) is 62.3 Å². The predicted molar refractivity (Wildman–Crippen MR) is 356 cm³/mol. The number of carbonyl (C=O) groups is 13. The first-order valence-corrected chi connectivity index (χ1v) is 33.6. The molecule has 22 N–H and O–H groups in total. The average Bonchev–Trinajstić information content (AvgIpc) is 1.74. The molecule has 2 saturated heterocycles. The average molecular weight is 1350 g/mol. The SMILES string of the molecule is CSCC[C@H](NC(=O)[C@H](CC(C)C)NC(=O)CNC(=O)[C@H](Cc1ccccc1)NC(=O)[C@@H](Cc1ccccc1)NC(=O)[C@H](CCC(N)=O)NC(=O)[C@H](CCC(N)=O)NC(=O)[C@@H]1CCCN1C(=O)[C@H](CCCCN)NC(=O)[C@@H]1CCCN1C(=O)[C@H](N)CCCN=C(N)N)C(N)=O. The van der Waals surface area contributed by atoms with E-state index >= 15 is 0 Å². The van der Waals surface area contributed by atoms with E-state index in [1.165, 1.54) is 21.6 Å². The van der Waals surface area contributed by atoms with E-state index in [1.807, 2.05) is 20.1 Å². The number of unbranched alkanes of at least 4 members (excludes halogenated alkanes) is 1. The van der Waals surface area contributed by atoms with Gasteiger partial charge in [-0.25, -0.2) is 0 Å². The lowest BCUT2D eigenvalue weighted by molar-refractivity contribution is -0.144. The summed E-state index contributed by atoms with van der Waals surface area (Å²) in [6.07, 6.45) is 3.12. The van der Waals surface area contributed by atoms with Gasteiger partial charge in [-0.3, -0.25) is 67.3 Å². The molecule has 32 heteroatoms. The largest absolute Gasteiger partial charge is 0.370 e. The van der Waals surface area contributed by atoms with Crippen molar-refractivity contribution in [2.45, 2.75) is 183 Å². The fourth-order valence-electron chi connectivity index (χ4n) is 11.0. The van der Waals surface area contributed by atoms with E-state index in [1.54, 1.807) is 60.7 Å². The number of aliphatic imine (C=N–C) groups is 1. The van der Waals surface area contributed by atoms with Gasteiger partial charge in [-0.2, -0.15) is 11.8 Å². The molecule has 13 amide bonds. The summed E-state index contributed by atoms with van der Waals surface area (Å²) in [6.45, 7) is 3.86. The van der Waals surface area contributed by atoms with Crippen LogP contribution in [-0.2, 0) is 75.2 Å². The molecule has 2 fully saturated rings. The smallest absolute Gasteiger partial charge is 0.245 e. The summed E-state index contributed by atoms with van der Waals surface area (Å²) in [5, 5.41) is 21.1. The van der Waals surface area contributed by atoms with Crippen molar-refractivity contribution in [3.05, 3.63) is 71.8 Å². The molecule has 2 aromatic carbocycles. The van der Waals surface area contributed by atoms with E-state index < -0.39 is 169 Å². The fourth-order valence-corrected chi connectivity index (χ4v) is 11.5. The van der Waals surface area contributed by atoms with Crippen LogP contribution in [0.3, 0.4) is 0 Å². The Bertz CT molecular complexity index is 2960. The molecule has 0 aliphatic carbocycles. The third kappa shape index (κ3) is 27.5. The van der Waals surface area contributed by atoms with Crippen molar-refractivity contribution >= 4 is 94.5 Å². The Hall–Kier alpha value is -8.91. The minimum Gasteiger partial charge on any atom is -0.370 e. The van der Waals surface area contributed by atoms with Crippen molar-refractivity contribution in [3.8, 4) is 0 Å². The van der Waals surface area contributed by atoms with E-state index in [0.717, 1.165) is 0 Å². The van der Waals surface area contributed by atoms with Crippen molar-refractivity contribution in [1.29, 1.82) is 0 Å². The summed E-state index contributed by atoms with van der Waals surface area (Å²) in [7, 11) is 0. The second-order valence-corrected chi connectivity index (χ2v) is 25.1. The number of hydrogen-bond acceptors (Lipinski definition) is 17. The van der Waals surface area contributed by atoms with Gasteiger partial charge in [-0.15, -0.1) is 0 Å². The lowest BCUT2D eigenvalue weighted by Gasteiger charge is -2.32. The second-order valence-electron chi connectivity index (χ2n) is 24.1. The van der Waals surface area contributed by atoms with Crippen LogP contribution in [0.5, 0.6) is 0 Å². The van der Waals surface area contributed by atoms with Crippen LogP contribution in [0.25, 0.3) is 0 Å². The zero-order chi connectivity index (χ0) is 70.1. The van der Waals surface area contributed by atoms with Gasteiger partial charge in [-0.1, -0.05) is 74.5 Å². The van der Waals surface area contributed by atoms with Crippen molar-refractivity contribution < 1.29 is 62.3 Å². The Kier molecular flexibility index (Phi) is 33.9. The van der Waals surface area contributed by atoms with E-state index in [4.69, 9.17) is 40.1 Å². The van der Waals surface area contributed by atoms with Crippen molar-refractivity contribution in [1.82, 2.24) is 52.3 Å². The number of amides is 13. The topological polar surface area (TPSA) is 519 Å². The molecule has 0 saturated carbocycles. The van der Waals surface area contributed by atoms with Crippen LogP contribution >= 0.6 is 11.8 Å². The Morgan fingerprint density at radius 1 is 0.537 bits per heavy atom. The lowest BCUT2D eigenvalue weighted by Crippen LogP contribution is -2.60. The molecule has 95 heavy (non-hydrogen) atoms. The minimum absolute atomic E-state index is 0.0736. The standard InChI is InChI=1S/C63H98N18O13S/c1-37(2)33-45(57(89)74-41(53(68)85)27-32-95-3)73-52(84)36-72-54(86)46(34-38-15-6-4-7-16-38)78-58(90)47(35-39-17-8-5-9-18-39)79-56(88)42(23-25-50(66)82)75-55(87)43(24-26-51(67)83)76-59(91)49-22-14-31-81(49)62(94)44(20-10-11-28-64)77-60(92)48-21-13-30-80(48)61(93)40(65)19-12-29-71-63(69)70/h4-9,15-18,37,40-49H,10-14,19-36,64-65H2,1-3H3,(H2,66,82)(H2,67,83)(H2,68,85)(H,72,86)(H,73,84)(H,74,89)(H,75,87)(H,76,91)(H,77,92)(H,78,90)(H,79,88)(H4,69,70,71)/t40-,41+,42+,43+,44+,45+,46+,47-,48+,49+/m1/s1. The van der Waals surface area contributed by atoms with Crippen LogP contribution in [-0.4, -0.2) is 198 Å². The second kappa shape index (κ2) is 41.0. The third-order valence-electron chi connectivity index (χ3n) is 16.0. The highest BCUT2D eigenvalue weighted by Gasteiger charge is 2.42. The van der Waals surface area contributed by atoms with Gasteiger partial charge < -0.3 is 92.5 Å². The molecule has 2 aliphatic heterocycles. The summed E-state index contributed by atoms with van der Waals surface area (Å²) >= 11 is 1.45. The van der Waals surface area contributed by atoms with Gasteiger partial charge in [0.05, 0.1) is 12.6 Å². The molecule has 2 heterocycles. The molecule has 2 aliphatic rings. The quantitative estimate of drug-likeness (QED) is 0.0173. The summed E-state index contributed by atoms with van der Waals surface area (Å²) < 4.78 is 0. The van der Waals surface area contributed by atoms with Gasteiger partial charge in [-0.05, 0) is 119 Å². The summed E-state index contributed by atoms with van der Waals surface area (Å²) in [5.41, 5.74) is 40.6. The maximum Gasteiger partial charge on any atom is 0.245 e. The zero-order valence-electron chi connectivity index (χ0n) is 54.5. The number of guanidine groups is 1. The third-order valence-corrected chi connectivity index (χ3v) is 16.7. The molecule has 0 spiro atoms. The fraction of sp³-hybridized carbons (Fsp3) is 0.587. The first kappa shape index (κ1) is 78.5. The first-order valence-electron chi connectivity index (χ1n) is 32.2. The first-order chi connectivity index (χ1) is 45.2. The molecular formula is C63H98N18O13S. The van der Waals surface area contributed by atoms with Gasteiger partial charge in [0.25, 0.3) is 0 Å². The lowest BCUT2D eigenvalue weighted by atomic mass is 10.0. The number of primary amides is 3. The molecule has 0 unspecified atom stereocenters. The molecule has 0 bridgehead atoms. The normalized spacial score (nSPS) is 16.8. The highest BCUT2D eigenvalue weighted by atomic mass is 32.2. The molecule has 2 aromatic rings. The Labute approximate surface area is 558 Å². The summed E-state index contributed by atoms with van der Waals surface area (Å²) in [5.74, 6) is -9.80. The molecular weight excluding hydrogens is 1250 g/mol. The molecule has 0 radical (unpaired) electrons. The summed E-state index contributed by atoms with van der Waals surface area (Å²) in [6, 6.07) is 4.51. The van der Waals surface area contributed by atoms with Crippen LogP contribution in [0.1, 0.15) is 121 Å². The maximum absolute atomic E-state index is 14.7. The maximum atomic E-state index is 14.7. The highest BCUT2D eigenvalue weighted by molar-refractivity contribution is 7.98. The van der Waals surface area contributed by atoms with Crippen molar-refractivity contribution in [2.24, 2.45) is 51.0 Å². The highest BCUT2D eigenvalue weighted by Crippen LogP contribution is 2.24. The number of nitrogens with two attached hydrogens (primary N) is 7. The molecule has 0 aromatic heterocycles. The number of thioether (sulfide) groups is 1. The van der Waals surface area contributed by atoms with E-state index in [-0.39, 0.29) is 83.0 Å². The number of nitrogens with zero attached hydrogens (tertiary/aromatic N) is 3. The molecule has 4 rings (SSSR count). The van der Waals surface area contributed by atoms with Gasteiger partial charge in [0.2, 0.25) is 76.8 Å². The minimum atomic E-state index is -1.64. The number of carbonyl (C=O) groups excluding carboxylic acids is 13. The van der Waals surface area contributed by atoms with Gasteiger partial charge >= 0.3 is 0 Å². The van der Waals surface area contributed by atoms with Crippen LogP contribution in [0, 0.1) is 5.92 Å². The monoisotopic (exact) mass is 1350 g/mol. The van der Waals surface area contributed by atoms with Crippen LogP contribution in [0.2, 0.25) is 0 Å². The van der Waals surface area contributed by atoms with Gasteiger partial charge in [0.1, 0.15) is 54.4 Å². The number of nitrogens with one attached hydrogen (secondary N) is 8. The van der Waals surface area contributed by atoms with E-state index in [2.05, 4.69) is 47.5 Å².